The number of nitrogens with one attached hydrogen (secondary N) is 1. The smallest absolute Gasteiger partial charge is 0.264 e. The molecule has 0 spiro atoms. The van der Waals surface area contributed by atoms with E-state index in [9.17, 15) is 13.2 Å². The average molecular weight is 473 g/mol. The summed E-state index contributed by atoms with van der Waals surface area (Å²) in [6.45, 7) is 4.01. The van der Waals surface area contributed by atoms with Crippen LogP contribution in [0.3, 0.4) is 0 Å². The minimum Gasteiger partial charge on any atom is -0.321 e. The molecule has 0 fully saturated rings. The van der Waals surface area contributed by atoms with Gasteiger partial charge in [-0.15, -0.1) is 0 Å². The Morgan fingerprint density at radius 1 is 1.00 bits per heavy atom. The first-order chi connectivity index (χ1) is 13.8. The zero-order chi connectivity index (χ0) is 21.0. The number of anilines is 2. The maximum atomic E-state index is 13.2. The van der Waals surface area contributed by atoms with Crippen molar-refractivity contribution in [3.63, 3.8) is 0 Å². The van der Waals surface area contributed by atoms with E-state index in [1.165, 1.54) is 16.4 Å². The lowest BCUT2D eigenvalue weighted by Crippen LogP contribution is -2.31. The number of nitrogens with zero attached hydrogens (tertiary/aromatic N) is 1. The molecule has 0 aliphatic carbocycles. The number of hydrogen-bond acceptors (Lipinski definition) is 3. The number of para-hydroxylation sites is 1. The molecule has 7 heteroatoms. The highest BCUT2D eigenvalue weighted by Crippen LogP contribution is 2.26. The van der Waals surface area contributed by atoms with Gasteiger partial charge < -0.3 is 5.32 Å². The molecule has 0 saturated heterocycles. The number of sulfonamides is 1. The summed E-state index contributed by atoms with van der Waals surface area (Å²) in [6, 6.07) is 20.5. The van der Waals surface area contributed by atoms with Crippen LogP contribution in [0, 0.1) is 6.92 Å². The van der Waals surface area contributed by atoms with Gasteiger partial charge in [0.2, 0.25) is 0 Å². The molecule has 29 heavy (non-hydrogen) atoms. The lowest BCUT2D eigenvalue weighted by atomic mass is 10.2. The van der Waals surface area contributed by atoms with E-state index < -0.39 is 10.0 Å². The van der Waals surface area contributed by atoms with Crippen molar-refractivity contribution in [3.8, 4) is 0 Å². The zero-order valence-corrected chi connectivity index (χ0v) is 18.5. The van der Waals surface area contributed by atoms with Gasteiger partial charge in [-0.2, -0.15) is 0 Å². The molecule has 0 radical (unpaired) electrons. The number of halogens is 1. The second-order valence-corrected chi connectivity index (χ2v) is 9.19. The summed E-state index contributed by atoms with van der Waals surface area (Å²) in [4.78, 5) is 12.8. The van der Waals surface area contributed by atoms with Crippen LogP contribution in [0.1, 0.15) is 22.8 Å². The van der Waals surface area contributed by atoms with Crippen molar-refractivity contribution in [1.82, 2.24) is 0 Å². The molecule has 0 saturated carbocycles. The molecule has 0 unspecified atom stereocenters. The number of carbonyl (C=O) groups is 1. The first-order valence-electron chi connectivity index (χ1n) is 9.08. The lowest BCUT2D eigenvalue weighted by Gasteiger charge is -2.23. The summed E-state index contributed by atoms with van der Waals surface area (Å²) < 4.78 is 28.4. The fraction of sp³-hybridized carbons (Fsp3) is 0.136. The van der Waals surface area contributed by atoms with E-state index in [0.29, 0.717) is 11.4 Å². The SMILES string of the molecule is CCN(c1ccccc1)S(=O)(=O)c1cccc(C(=O)Nc2ccc(C)cc2Br)c1. The summed E-state index contributed by atoms with van der Waals surface area (Å²) in [5.41, 5.74) is 2.52. The number of amides is 1. The van der Waals surface area contributed by atoms with Crippen molar-refractivity contribution in [2.24, 2.45) is 0 Å². The third kappa shape index (κ3) is 4.68. The van der Waals surface area contributed by atoms with E-state index in [1.54, 1.807) is 49.4 Å². The molecule has 0 aromatic heterocycles. The summed E-state index contributed by atoms with van der Waals surface area (Å²) in [7, 11) is -3.80. The van der Waals surface area contributed by atoms with Gasteiger partial charge in [-0.3, -0.25) is 9.10 Å². The zero-order valence-electron chi connectivity index (χ0n) is 16.1. The van der Waals surface area contributed by atoms with Crippen molar-refractivity contribution in [1.29, 1.82) is 0 Å². The summed E-state index contributed by atoms with van der Waals surface area (Å²) in [5, 5.41) is 2.81. The highest BCUT2D eigenvalue weighted by atomic mass is 79.9. The number of rotatable bonds is 6. The molecular weight excluding hydrogens is 452 g/mol. The Morgan fingerprint density at radius 2 is 1.72 bits per heavy atom. The van der Waals surface area contributed by atoms with E-state index >= 15 is 0 Å². The van der Waals surface area contributed by atoms with Gasteiger partial charge >= 0.3 is 0 Å². The molecule has 3 rings (SSSR count). The van der Waals surface area contributed by atoms with Crippen molar-refractivity contribution < 1.29 is 13.2 Å². The van der Waals surface area contributed by atoms with Crippen molar-refractivity contribution >= 4 is 43.2 Å². The molecule has 0 bridgehead atoms. The number of carbonyl (C=O) groups excluding carboxylic acids is 1. The topological polar surface area (TPSA) is 66.5 Å². The number of hydrogen-bond donors (Lipinski definition) is 1. The molecular formula is C22H21BrN2O3S. The van der Waals surface area contributed by atoms with Gasteiger partial charge in [0.05, 0.1) is 16.3 Å². The summed E-state index contributed by atoms with van der Waals surface area (Å²) >= 11 is 3.43. The Hall–Kier alpha value is -2.64. The first kappa shape index (κ1) is 21.1. The van der Waals surface area contributed by atoms with Crippen LogP contribution in [0.25, 0.3) is 0 Å². The third-order valence-corrected chi connectivity index (χ3v) is 6.94. The monoisotopic (exact) mass is 472 g/mol. The summed E-state index contributed by atoms with van der Waals surface area (Å²) in [5.74, 6) is -0.380. The van der Waals surface area contributed by atoms with E-state index in [2.05, 4.69) is 21.2 Å². The second kappa shape index (κ2) is 8.80. The maximum Gasteiger partial charge on any atom is 0.264 e. The van der Waals surface area contributed by atoms with Crippen LogP contribution < -0.4 is 9.62 Å². The Morgan fingerprint density at radius 3 is 2.38 bits per heavy atom. The fourth-order valence-corrected chi connectivity index (χ4v) is 5.04. The van der Waals surface area contributed by atoms with Crippen molar-refractivity contribution in [2.45, 2.75) is 18.7 Å². The van der Waals surface area contributed by atoms with Gasteiger partial charge in [0.25, 0.3) is 15.9 Å². The predicted octanol–water partition coefficient (Wildman–Crippen LogP) is 5.23. The standard InChI is InChI=1S/C22H21BrN2O3S/c1-3-25(18-9-5-4-6-10-18)29(27,28)19-11-7-8-17(15-19)22(26)24-21-13-12-16(2)14-20(21)23/h4-15H,3H2,1-2H3,(H,24,26). The van der Waals surface area contributed by atoms with Gasteiger partial charge in [-0.05, 0) is 77.8 Å². The summed E-state index contributed by atoms with van der Waals surface area (Å²) in [6.07, 6.45) is 0. The second-order valence-electron chi connectivity index (χ2n) is 6.47. The Bertz CT molecular complexity index is 1130. The van der Waals surface area contributed by atoms with E-state index in [1.807, 2.05) is 25.1 Å². The fourth-order valence-electron chi connectivity index (χ4n) is 2.93. The van der Waals surface area contributed by atoms with Crippen molar-refractivity contribution in [3.05, 3.63) is 88.4 Å². The molecule has 1 amide bonds. The minimum atomic E-state index is -3.80. The van der Waals surface area contributed by atoms with E-state index in [4.69, 9.17) is 0 Å². The van der Waals surface area contributed by atoms with Crippen LogP contribution in [0.4, 0.5) is 11.4 Å². The van der Waals surface area contributed by atoms with Crippen LogP contribution >= 0.6 is 15.9 Å². The van der Waals surface area contributed by atoms with Crippen LogP contribution in [0.15, 0.2) is 82.2 Å². The molecule has 5 nitrogen and oxygen atoms in total. The minimum absolute atomic E-state index is 0.0684. The normalized spacial score (nSPS) is 11.1. The number of benzene rings is 3. The molecule has 3 aromatic carbocycles. The van der Waals surface area contributed by atoms with Crippen LogP contribution in [0.2, 0.25) is 0 Å². The first-order valence-corrected chi connectivity index (χ1v) is 11.3. The molecule has 0 aliphatic heterocycles. The molecule has 0 atom stereocenters. The Kier molecular flexibility index (Phi) is 6.39. The van der Waals surface area contributed by atoms with Crippen LogP contribution in [-0.4, -0.2) is 20.9 Å². The molecule has 0 heterocycles. The Balaban J connectivity index is 1.91. The molecule has 0 aliphatic rings. The Labute approximate surface area is 179 Å². The average Bonchev–Trinajstić information content (AvgIpc) is 2.71. The predicted molar refractivity (Wildman–Crippen MR) is 120 cm³/mol. The molecule has 1 N–H and O–H groups in total. The van der Waals surface area contributed by atoms with Gasteiger partial charge in [-0.25, -0.2) is 8.42 Å². The lowest BCUT2D eigenvalue weighted by molar-refractivity contribution is 0.102. The van der Waals surface area contributed by atoms with Gasteiger partial charge in [-0.1, -0.05) is 30.3 Å². The number of aryl methyl sites for hydroxylation is 1. The molecule has 150 valence electrons. The maximum absolute atomic E-state index is 13.2. The van der Waals surface area contributed by atoms with Crippen molar-refractivity contribution in [2.75, 3.05) is 16.2 Å². The molecule has 3 aromatic rings. The van der Waals surface area contributed by atoms with Crippen LogP contribution in [0.5, 0.6) is 0 Å². The highest BCUT2D eigenvalue weighted by molar-refractivity contribution is 9.10. The third-order valence-electron chi connectivity index (χ3n) is 4.39. The largest absolute Gasteiger partial charge is 0.321 e. The van der Waals surface area contributed by atoms with Crippen LogP contribution in [-0.2, 0) is 10.0 Å². The van der Waals surface area contributed by atoms with E-state index in [0.717, 1.165) is 10.0 Å². The van der Waals surface area contributed by atoms with Gasteiger partial charge in [0.15, 0.2) is 0 Å². The highest BCUT2D eigenvalue weighted by Gasteiger charge is 2.24. The van der Waals surface area contributed by atoms with Gasteiger partial charge in [0.1, 0.15) is 0 Å². The quantitative estimate of drug-likeness (QED) is 0.534. The van der Waals surface area contributed by atoms with E-state index in [-0.39, 0.29) is 22.9 Å². The van der Waals surface area contributed by atoms with Gasteiger partial charge in [0, 0.05) is 16.6 Å².